The quantitative estimate of drug-likeness (QED) is 0.410. The Labute approximate surface area is 158 Å². The third-order valence-electron chi connectivity index (χ3n) is 3.87. The van der Waals surface area contributed by atoms with E-state index in [0.717, 1.165) is 22.0 Å². The molecule has 2 aromatic carbocycles. The fraction of sp³-hybridized carbons (Fsp3) is 0.105. The molecule has 7 heteroatoms. The van der Waals surface area contributed by atoms with E-state index >= 15 is 0 Å². The standard InChI is InChI=1S/C19H16N4OS2/c1-23-17(24)15-9-5-6-10-16(15)22-19(23)26-12-14-11-25-18(21-14)20-13-7-3-2-4-8-13/h2-11H,12H2,1H3,(H,20,21). The zero-order valence-corrected chi connectivity index (χ0v) is 15.7. The number of nitrogens with zero attached hydrogens (tertiary/aromatic N) is 3. The lowest BCUT2D eigenvalue weighted by Crippen LogP contribution is -2.19. The average molecular weight is 380 g/mol. The first-order chi connectivity index (χ1) is 12.7. The molecule has 0 spiro atoms. The molecule has 0 saturated heterocycles. The molecule has 1 N–H and O–H groups in total. The van der Waals surface area contributed by atoms with E-state index in [1.165, 1.54) is 11.8 Å². The number of para-hydroxylation sites is 2. The number of rotatable bonds is 5. The van der Waals surface area contributed by atoms with Crippen LogP contribution in [0, 0.1) is 0 Å². The van der Waals surface area contributed by atoms with E-state index < -0.39 is 0 Å². The van der Waals surface area contributed by atoms with Gasteiger partial charge in [-0.05, 0) is 24.3 Å². The van der Waals surface area contributed by atoms with Gasteiger partial charge in [-0.15, -0.1) is 11.3 Å². The maximum absolute atomic E-state index is 12.5. The lowest BCUT2D eigenvalue weighted by atomic mass is 10.2. The summed E-state index contributed by atoms with van der Waals surface area (Å²) in [6.45, 7) is 0. The fourth-order valence-electron chi connectivity index (χ4n) is 2.54. The maximum Gasteiger partial charge on any atom is 0.261 e. The second kappa shape index (κ2) is 7.31. The summed E-state index contributed by atoms with van der Waals surface area (Å²) in [7, 11) is 1.76. The van der Waals surface area contributed by atoms with E-state index in [1.54, 1.807) is 29.0 Å². The van der Waals surface area contributed by atoms with Crippen molar-refractivity contribution in [2.24, 2.45) is 7.05 Å². The molecule has 26 heavy (non-hydrogen) atoms. The van der Waals surface area contributed by atoms with Crippen LogP contribution in [0.15, 0.2) is 69.9 Å². The van der Waals surface area contributed by atoms with E-state index in [0.29, 0.717) is 16.3 Å². The molecule has 0 bridgehead atoms. The number of thioether (sulfide) groups is 1. The van der Waals surface area contributed by atoms with Gasteiger partial charge in [-0.25, -0.2) is 9.97 Å². The monoisotopic (exact) mass is 380 g/mol. The number of aromatic nitrogens is 3. The van der Waals surface area contributed by atoms with Crippen LogP contribution in [0.4, 0.5) is 10.8 Å². The summed E-state index contributed by atoms with van der Waals surface area (Å²) in [6.07, 6.45) is 0. The van der Waals surface area contributed by atoms with Gasteiger partial charge in [0.1, 0.15) is 0 Å². The largest absolute Gasteiger partial charge is 0.332 e. The summed E-state index contributed by atoms with van der Waals surface area (Å²) in [4.78, 5) is 21.7. The Morgan fingerprint density at radius 2 is 1.85 bits per heavy atom. The Bertz CT molecular complexity index is 1110. The van der Waals surface area contributed by atoms with Crippen LogP contribution in [0.25, 0.3) is 10.9 Å². The molecule has 4 rings (SSSR count). The minimum Gasteiger partial charge on any atom is -0.332 e. The first kappa shape index (κ1) is 16.8. The van der Waals surface area contributed by atoms with Crippen molar-refractivity contribution in [3.05, 3.63) is 76.0 Å². The van der Waals surface area contributed by atoms with Crippen molar-refractivity contribution in [3.63, 3.8) is 0 Å². The van der Waals surface area contributed by atoms with Gasteiger partial charge in [0, 0.05) is 23.9 Å². The number of hydrogen-bond donors (Lipinski definition) is 1. The number of anilines is 2. The summed E-state index contributed by atoms with van der Waals surface area (Å²) >= 11 is 3.08. The Kier molecular flexibility index (Phi) is 4.73. The van der Waals surface area contributed by atoms with E-state index in [4.69, 9.17) is 0 Å². The molecule has 0 amide bonds. The van der Waals surface area contributed by atoms with E-state index in [2.05, 4.69) is 15.3 Å². The Balaban J connectivity index is 1.50. The molecular weight excluding hydrogens is 364 g/mol. The number of benzene rings is 2. The predicted molar refractivity (Wildman–Crippen MR) is 108 cm³/mol. The van der Waals surface area contributed by atoms with Crippen molar-refractivity contribution in [2.75, 3.05) is 5.32 Å². The SMILES string of the molecule is Cn1c(SCc2csc(Nc3ccccc3)n2)nc2ccccc2c1=O. The number of fused-ring (bicyclic) bond motifs is 1. The van der Waals surface area contributed by atoms with Crippen LogP contribution >= 0.6 is 23.1 Å². The Morgan fingerprint density at radius 1 is 1.08 bits per heavy atom. The zero-order valence-electron chi connectivity index (χ0n) is 14.0. The molecule has 0 aliphatic carbocycles. The molecule has 5 nitrogen and oxygen atoms in total. The van der Waals surface area contributed by atoms with Crippen LogP contribution in [0.5, 0.6) is 0 Å². The predicted octanol–water partition coefficient (Wildman–Crippen LogP) is 4.43. The van der Waals surface area contributed by atoms with Gasteiger partial charge in [0.15, 0.2) is 10.3 Å². The van der Waals surface area contributed by atoms with Crippen LogP contribution in [-0.4, -0.2) is 14.5 Å². The van der Waals surface area contributed by atoms with Crippen molar-refractivity contribution in [2.45, 2.75) is 10.9 Å². The van der Waals surface area contributed by atoms with Gasteiger partial charge in [-0.3, -0.25) is 9.36 Å². The van der Waals surface area contributed by atoms with Crippen LogP contribution < -0.4 is 10.9 Å². The second-order valence-corrected chi connectivity index (χ2v) is 7.50. The number of thiazole rings is 1. The number of hydrogen-bond acceptors (Lipinski definition) is 6. The molecule has 0 unspecified atom stereocenters. The van der Waals surface area contributed by atoms with Crippen molar-refractivity contribution in [3.8, 4) is 0 Å². The van der Waals surface area contributed by atoms with Crippen LogP contribution in [0.2, 0.25) is 0 Å². The van der Waals surface area contributed by atoms with Crippen molar-refractivity contribution in [1.29, 1.82) is 0 Å². The third-order valence-corrected chi connectivity index (χ3v) is 5.74. The van der Waals surface area contributed by atoms with Gasteiger partial charge >= 0.3 is 0 Å². The summed E-state index contributed by atoms with van der Waals surface area (Å²) in [5.41, 5.74) is 2.67. The summed E-state index contributed by atoms with van der Waals surface area (Å²) < 4.78 is 1.60. The highest BCUT2D eigenvalue weighted by atomic mass is 32.2. The molecule has 2 aromatic heterocycles. The summed E-state index contributed by atoms with van der Waals surface area (Å²) in [5.74, 6) is 0.658. The van der Waals surface area contributed by atoms with Crippen molar-refractivity contribution < 1.29 is 0 Å². The third kappa shape index (κ3) is 3.49. The normalized spacial score (nSPS) is 11.0. The maximum atomic E-state index is 12.5. The first-order valence-corrected chi connectivity index (χ1v) is 9.92. The first-order valence-electron chi connectivity index (χ1n) is 8.06. The lowest BCUT2D eigenvalue weighted by molar-refractivity contribution is 0.726. The molecule has 130 valence electrons. The van der Waals surface area contributed by atoms with Crippen molar-refractivity contribution >= 4 is 44.8 Å². The van der Waals surface area contributed by atoms with E-state index in [9.17, 15) is 4.79 Å². The molecular formula is C19H16N4OS2. The molecule has 0 saturated carbocycles. The zero-order chi connectivity index (χ0) is 17.9. The van der Waals surface area contributed by atoms with Gasteiger partial charge in [0.25, 0.3) is 5.56 Å². The highest BCUT2D eigenvalue weighted by molar-refractivity contribution is 7.98. The smallest absolute Gasteiger partial charge is 0.261 e. The number of nitrogens with one attached hydrogen (secondary N) is 1. The minimum absolute atomic E-state index is 0.0252. The van der Waals surface area contributed by atoms with Gasteiger partial charge in [0.05, 0.1) is 16.6 Å². The van der Waals surface area contributed by atoms with Gasteiger partial charge < -0.3 is 5.32 Å². The van der Waals surface area contributed by atoms with Crippen LogP contribution in [0.1, 0.15) is 5.69 Å². The minimum atomic E-state index is -0.0252. The topological polar surface area (TPSA) is 59.8 Å². The lowest BCUT2D eigenvalue weighted by Gasteiger charge is -2.07. The summed E-state index contributed by atoms with van der Waals surface area (Å²) in [6, 6.07) is 17.4. The Hall–Kier alpha value is -2.64. The Morgan fingerprint density at radius 3 is 2.69 bits per heavy atom. The van der Waals surface area contributed by atoms with Gasteiger partial charge in [-0.1, -0.05) is 42.1 Å². The highest BCUT2D eigenvalue weighted by Gasteiger charge is 2.10. The molecule has 0 radical (unpaired) electrons. The van der Waals surface area contributed by atoms with Crippen LogP contribution in [0.3, 0.4) is 0 Å². The van der Waals surface area contributed by atoms with Crippen LogP contribution in [-0.2, 0) is 12.8 Å². The molecule has 0 aliphatic heterocycles. The molecule has 0 atom stereocenters. The second-order valence-electron chi connectivity index (χ2n) is 5.70. The van der Waals surface area contributed by atoms with Gasteiger partial charge in [-0.2, -0.15) is 0 Å². The average Bonchev–Trinajstić information content (AvgIpc) is 3.12. The summed E-state index contributed by atoms with van der Waals surface area (Å²) in [5, 5.41) is 7.51. The van der Waals surface area contributed by atoms with Crippen molar-refractivity contribution in [1.82, 2.24) is 14.5 Å². The molecule has 0 fully saturated rings. The van der Waals surface area contributed by atoms with E-state index in [-0.39, 0.29) is 5.56 Å². The fourth-order valence-corrected chi connectivity index (χ4v) is 4.24. The molecule has 2 heterocycles. The molecule has 0 aliphatic rings. The van der Waals surface area contributed by atoms with Gasteiger partial charge in [0.2, 0.25) is 0 Å². The van der Waals surface area contributed by atoms with E-state index in [1.807, 2.05) is 53.9 Å². The molecule has 4 aromatic rings. The highest BCUT2D eigenvalue weighted by Crippen LogP contribution is 2.26.